The van der Waals surface area contributed by atoms with Crippen molar-refractivity contribution < 1.29 is 5.11 Å². The van der Waals surface area contributed by atoms with E-state index in [4.69, 9.17) is 5.73 Å². The first-order chi connectivity index (χ1) is 7.45. The smallest absolute Gasteiger partial charge is 0.0790 e. The largest absolute Gasteiger partial charge is 0.388 e. The second kappa shape index (κ2) is 5.46. The van der Waals surface area contributed by atoms with E-state index in [0.29, 0.717) is 6.54 Å². The van der Waals surface area contributed by atoms with Gasteiger partial charge in [0.2, 0.25) is 0 Å². The third kappa shape index (κ3) is 3.62. The highest BCUT2D eigenvalue weighted by atomic mass is 16.3. The zero-order chi connectivity index (χ0) is 12.2. The summed E-state index contributed by atoms with van der Waals surface area (Å²) < 4.78 is 0. The second-order valence-electron chi connectivity index (χ2n) is 5.32. The monoisotopic (exact) mass is 221 g/mol. The molecule has 0 saturated carbocycles. The Balaban J connectivity index is 2.71. The Morgan fingerprint density at radius 2 is 1.75 bits per heavy atom. The van der Waals surface area contributed by atoms with Crippen molar-refractivity contribution in [3.05, 3.63) is 35.4 Å². The first-order valence-electron chi connectivity index (χ1n) is 5.93. The van der Waals surface area contributed by atoms with Gasteiger partial charge in [0.25, 0.3) is 0 Å². The van der Waals surface area contributed by atoms with Crippen LogP contribution in [0, 0.1) is 0 Å². The molecule has 16 heavy (non-hydrogen) atoms. The summed E-state index contributed by atoms with van der Waals surface area (Å²) in [4.78, 5) is 0. The van der Waals surface area contributed by atoms with E-state index >= 15 is 0 Å². The zero-order valence-electron chi connectivity index (χ0n) is 10.5. The van der Waals surface area contributed by atoms with Gasteiger partial charge in [0.1, 0.15) is 0 Å². The second-order valence-corrected chi connectivity index (χ2v) is 5.32. The third-order valence-corrected chi connectivity index (χ3v) is 2.84. The summed E-state index contributed by atoms with van der Waals surface area (Å²) in [6.45, 7) is 7.20. The standard InChI is InChI=1S/C14H23NO/c1-14(2,3)12-8-6-11(7-9-12)13(16)5-4-10-15/h6-9,13,16H,4-5,10,15H2,1-3H3/t13-/m0/s1. The number of aliphatic hydroxyl groups is 1. The molecule has 2 nitrogen and oxygen atoms in total. The minimum Gasteiger partial charge on any atom is -0.388 e. The summed E-state index contributed by atoms with van der Waals surface area (Å²) in [6.07, 6.45) is 1.23. The van der Waals surface area contributed by atoms with Gasteiger partial charge in [-0.25, -0.2) is 0 Å². The molecule has 0 aliphatic heterocycles. The summed E-state index contributed by atoms with van der Waals surface area (Å²) in [5.41, 5.74) is 7.87. The maximum absolute atomic E-state index is 9.89. The van der Waals surface area contributed by atoms with Gasteiger partial charge in [0.05, 0.1) is 6.10 Å². The van der Waals surface area contributed by atoms with Crippen LogP contribution >= 0.6 is 0 Å². The van der Waals surface area contributed by atoms with E-state index < -0.39 is 0 Å². The molecule has 0 unspecified atom stereocenters. The molecule has 0 heterocycles. The maximum Gasteiger partial charge on any atom is 0.0790 e. The lowest BCUT2D eigenvalue weighted by atomic mass is 9.86. The highest BCUT2D eigenvalue weighted by Crippen LogP contribution is 2.25. The van der Waals surface area contributed by atoms with Crippen molar-refractivity contribution in [1.82, 2.24) is 0 Å². The fourth-order valence-electron chi connectivity index (χ4n) is 1.68. The summed E-state index contributed by atoms with van der Waals surface area (Å²) in [5, 5.41) is 9.89. The molecule has 0 saturated heterocycles. The minimum atomic E-state index is -0.377. The van der Waals surface area contributed by atoms with Crippen molar-refractivity contribution in [2.24, 2.45) is 5.73 Å². The van der Waals surface area contributed by atoms with Crippen molar-refractivity contribution >= 4 is 0 Å². The Morgan fingerprint density at radius 3 is 2.19 bits per heavy atom. The van der Waals surface area contributed by atoms with Gasteiger partial charge in [-0.2, -0.15) is 0 Å². The molecule has 0 aromatic heterocycles. The van der Waals surface area contributed by atoms with Crippen LogP contribution in [0.3, 0.4) is 0 Å². The van der Waals surface area contributed by atoms with E-state index in [1.54, 1.807) is 0 Å². The first kappa shape index (κ1) is 13.2. The van der Waals surface area contributed by atoms with Crippen molar-refractivity contribution in [1.29, 1.82) is 0 Å². The Morgan fingerprint density at radius 1 is 1.19 bits per heavy atom. The molecule has 3 N–H and O–H groups in total. The summed E-state index contributed by atoms with van der Waals surface area (Å²) >= 11 is 0. The van der Waals surface area contributed by atoms with Crippen LogP contribution in [0.1, 0.15) is 50.8 Å². The Kier molecular flexibility index (Phi) is 4.51. The molecule has 0 fully saturated rings. The van der Waals surface area contributed by atoms with Gasteiger partial charge < -0.3 is 10.8 Å². The first-order valence-corrected chi connectivity index (χ1v) is 5.93. The van der Waals surface area contributed by atoms with Crippen LogP contribution in [0.2, 0.25) is 0 Å². The van der Waals surface area contributed by atoms with Gasteiger partial charge in [0, 0.05) is 0 Å². The van der Waals surface area contributed by atoms with E-state index in [2.05, 4.69) is 32.9 Å². The van der Waals surface area contributed by atoms with Crippen molar-refractivity contribution in [3.8, 4) is 0 Å². The van der Waals surface area contributed by atoms with Crippen LogP contribution in [0.5, 0.6) is 0 Å². The summed E-state index contributed by atoms with van der Waals surface area (Å²) in [6, 6.07) is 8.23. The lowest BCUT2D eigenvalue weighted by Gasteiger charge is -2.20. The molecule has 90 valence electrons. The molecular weight excluding hydrogens is 198 g/mol. The number of hydrogen-bond donors (Lipinski definition) is 2. The molecule has 0 bridgehead atoms. The van der Waals surface area contributed by atoms with Crippen LogP contribution in [0.15, 0.2) is 24.3 Å². The number of hydrogen-bond acceptors (Lipinski definition) is 2. The quantitative estimate of drug-likeness (QED) is 0.821. The molecule has 2 heteroatoms. The van der Waals surface area contributed by atoms with Crippen LogP contribution in [-0.4, -0.2) is 11.7 Å². The molecule has 1 rings (SSSR count). The Bertz CT molecular complexity index is 311. The summed E-state index contributed by atoms with van der Waals surface area (Å²) in [7, 11) is 0. The number of benzene rings is 1. The van der Waals surface area contributed by atoms with E-state index in [-0.39, 0.29) is 11.5 Å². The molecule has 0 radical (unpaired) electrons. The fraction of sp³-hybridized carbons (Fsp3) is 0.571. The molecule has 1 aromatic rings. The molecule has 1 aromatic carbocycles. The van der Waals surface area contributed by atoms with E-state index in [1.165, 1.54) is 5.56 Å². The molecule has 1 atom stereocenters. The van der Waals surface area contributed by atoms with E-state index in [0.717, 1.165) is 18.4 Å². The Labute approximate surface area is 98.5 Å². The SMILES string of the molecule is CC(C)(C)c1ccc([C@@H](O)CCCN)cc1. The van der Waals surface area contributed by atoms with Crippen LogP contribution in [0.4, 0.5) is 0 Å². The molecular formula is C14H23NO. The minimum absolute atomic E-state index is 0.167. The fourth-order valence-corrected chi connectivity index (χ4v) is 1.68. The third-order valence-electron chi connectivity index (χ3n) is 2.84. The van der Waals surface area contributed by atoms with E-state index in [1.807, 2.05) is 12.1 Å². The average Bonchev–Trinajstić information content (AvgIpc) is 2.25. The van der Waals surface area contributed by atoms with Crippen LogP contribution < -0.4 is 5.73 Å². The highest BCUT2D eigenvalue weighted by molar-refractivity contribution is 5.28. The van der Waals surface area contributed by atoms with Gasteiger partial charge in [-0.15, -0.1) is 0 Å². The normalized spacial score (nSPS) is 13.8. The summed E-state index contributed by atoms with van der Waals surface area (Å²) in [5.74, 6) is 0. The van der Waals surface area contributed by atoms with Gasteiger partial charge in [-0.3, -0.25) is 0 Å². The predicted molar refractivity (Wildman–Crippen MR) is 68.4 cm³/mol. The number of rotatable bonds is 4. The topological polar surface area (TPSA) is 46.2 Å². The number of aliphatic hydroxyl groups excluding tert-OH is 1. The van der Waals surface area contributed by atoms with Crippen LogP contribution in [0.25, 0.3) is 0 Å². The Hall–Kier alpha value is -0.860. The lowest BCUT2D eigenvalue weighted by molar-refractivity contribution is 0.165. The maximum atomic E-state index is 9.89. The van der Waals surface area contributed by atoms with Gasteiger partial charge >= 0.3 is 0 Å². The van der Waals surface area contributed by atoms with E-state index in [9.17, 15) is 5.11 Å². The van der Waals surface area contributed by atoms with Crippen LogP contribution in [-0.2, 0) is 5.41 Å². The van der Waals surface area contributed by atoms with Gasteiger partial charge in [0.15, 0.2) is 0 Å². The van der Waals surface area contributed by atoms with Gasteiger partial charge in [-0.05, 0) is 35.9 Å². The lowest BCUT2D eigenvalue weighted by Crippen LogP contribution is -2.11. The molecule has 0 amide bonds. The molecule has 0 spiro atoms. The zero-order valence-corrected chi connectivity index (χ0v) is 10.5. The highest BCUT2D eigenvalue weighted by Gasteiger charge is 2.14. The predicted octanol–water partition coefficient (Wildman–Crippen LogP) is 2.76. The molecule has 0 aliphatic rings. The van der Waals surface area contributed by atoms with Gasteiger partial charge in [-0.1, -0.05) is 45.0 Å². The number of nitrogens with two attached hydrogens (primary N) is 1. The van der Waals surface area contributed by atoms with Crippen molar-refractivity contribution in [2.45, 2.75) is 45.1 Å². The average molecular weight is 221 g/mol. The van der Waals surface area contributed by atoms with Crippen molar-refractivity contribution in [3.63, 3.8) is 0 Å². The molecule has 0 aliphatic carbocycles. The van der Waals surface area contributed by atoms with Crippen molar-refractivity contribution in [2.75, 3.05) is 6.54 Å².